The van der Waals surface area contributed by atoms with E-state index in [1.54, 1.807) is 0 Å². The van der Waals surface area contributed by atoms with Crippen LogP contribution in [0.25, 0.3) is 0 Å². The predicted molar refractivity (Wildman–Crippen MR) is 84.8 cm³/mol. The molecule has 0 saturated carbocycles. The molecule has 0 spiro atoms. The molecule has 1 N–H and O–H groups in total. The highest BCUT2D eigenvalue weighted by Gasteiger charge is 2.15. The van der Waals surface area contributed by atoms with Crippen LogP contribution in [-0.2, 0) is 9.53 Å². The normalized spacial score (nSPS) is 10.7. The van der Waals surface area contributed by atoms with Crippen LogP contribution in [0.3, 0.4) is 0 Å². The lowest BCUT2D eigenvalue weighted by Crippen LogP contribution is -2.29. The number of halogens is 2. The Morgan fingerprint density at radius 1 is 1.00 bits per heavy atom. The first-order chi connectivity index (χ1) is 10.1. The van der Waals surface area contributed by atoms with Crippen LogP contribution in [0.5, 0.6) is 0 Å². The molecular formula is C16H15Cl2NO2. The van der Waals surface area contributed by atoms with Crippen molar-refractivity contribution in [2.45, 2.75) is 6.04 Å². The monoisotopic (exact) mass is 323 g/mol. The van der Waals surface area contributed by atoms with E-state index >= 15 is 0 Å². The molecule has 2 aromatic rings. The number of hydrogen-bond donors (Lipinski definition) is 1. The summed E-state index contributed by atoms with van der Waals surface area (Å²) in [4.78, 5) is 11.4. The Labute approximate surface area is 133 Å². The number of carbonyl (C=O) groups is 1. The van der Waals surface area contributed by atoms with Gasteiger partial charge in [-0.25, -0.2) is 0 Å². The van der Waals surface area contributed by atoms with Crippen molar-refractivity contribution in [3.8, 4) is 0 Å². The van der Waals surface area contributed by atoms with Gasteiger partial charge in [0.25, 0.3) is 0 Å². The first-order valence-corrected chi connectivity index (χ1v) is 7.17. The van der Waals surface area contributed by atoms with Crippen molar-refractivity contribution >= 4 is 29.2 Å². The minimum atomic E-state index is -0.317. The minimum Gasteiger partial charge on any atom is -0.468 e. The zero-order chi connectivity index (χ0) is 15.2. The zero-order valence-electron chi connectivity index (χ0n) is 11.5. The number of hydrogen-bond acceptors (Lipinski definition) is 3. The maximum Gasteiger partial charge on any atom is 0.319 e. The Morgan fingerprint density at radius 3 is 1.81 bits per heavy atom. The molecule has 0 unspecified atom stereocenters. The Hall–Kier alpha value is -1.55. The average Bonchev–Trinajstić information content (AvgIpc) is 2.50. The summed E-state index contributed by atoms with van der Waals surface area (Å²) in [6, 6.07) is 14.8. The van der Waals surface area contributed by atoms with Gasteiger partial charge in [0.2, 0.25) is 0 Å². The molecule has 0 bridgehead atoms. The number of carbonyl (C=O) groups excluding carboxylic acids is 1. The van der Waals surface area contributed by atoms with Gasteiger partial charge in [0.15, 0.2) is 0 Å². The maximum atomic E-state index is 11.4. The summed E-state index contributed by atoms with van der Waals surface area (Å²) in [5.74, 6) is -0.317. The Kier molecular flexibility index (Phi) is 5.62. The minimum absolute atomic E-state index is 0.117. The molecule has 110 valence electrons. The van der Waals surface area contributed by atoms with Gasteiger partial charge < -0.3 is 4.74 Å². The number of methoxy groups -OCH3 is 1. The highest BCUT2D eigenvalue weighted by atomic mass is 35.5. The number of rotatable bonds is 5. The van der Waals surface area contributed by atoms with Gasteiger partial charge in [-0.2, -0.15) is 0 Å². The largest absolute Gasteiger partial charge is 0.468 e. The van der Waals surface area contributed by atoms with Crippen molar-refractivity contribution in [3.63, 3.8) is 0 Å². The summed E-state index contributed by atoms with van der Waals surface area (Å²) in [6.07, 6.45) is 0. The standard InChI is InChI=1S/C16H15Cl2NO2/c1-21-15(20)10-19-16(11-2-6-13(17)7-3-11)12-4-8-14(18)9-5-12/h2-9,16,19H,10H2,1H3. The summed E-state index contributed by atoms with van der Waals surface area (Å²) in [7, 11) is 1.36. The van der Waals surface area contributed by atoms with Crippen LogP contribution in [0.2, 0.25) is 10.0 Å². The van der Waals surface area contributed by atoms with Crippen LogP contribution in [0.15, 0.2) is 48.5 Å². The Balaban J connectivity index is 2.27. The van der Waals surface area contributed by atoms with Crippen molar-refractivity contribution < 1.29 is 9.53 Å². The van der Waals surface area contributed by atoms with E-state index in [-0.39, 0.29) is 18.6 Å². The second-order valence-corrected chi connectivity index (χ2v) is 5.37. The molecule has 0 radical (unpaired) electrons. The molecule has 2 aromatic carbocycles. The van der Waals surface area contributed by atoms with Crippen LogP contribution >= 0.6 is 23.2 Å². The van der Waals surface area contributed by atoms with Crippen LogP contribution in [0.1, 0.15) is 17.2 Å². The summed E-state index contributed by atoms with van der Waals surface area (Å²) in [5.41, 5.74) is 2.01. The van der Waals surface area contributed by atoms with Crippen molar-refractivity contribution in [3.05, 3.63) is 69.7 Å². The third-order valence-electron chi connectivity index (χ3n) is 3.08. The quantitative estimate of drug-likeness (QED) is 0.849. The molecule has 0 aliphatic rings. The lowest BCUT2D eigenvalue weighted by molar-refractivity contribution is -0.139. The fourth-order valence-electron chi connectivity index (χ4n) is 2.00. The first-order valence-electron chi connectivity index (χ1n) is 6.41. The lowest BCUT2D eigenvalue weighted by atomic mass is 9.99. The van der Waals surface area contributed by atoms with E-state index in [0.29, 0.717) is 10.0 Å². The molecule has 2 rings (SSSR count). The Morgan fingerprint density at radius 2 is 1.43 bits per heavy atom. The molecule has 0 fully saturated rings. The second-order valence-electron chi connectivity index (χ2n) is 4.49. The van der Waals surface area contributed by atoms with Crippen LogP contribution in [0.4, 0.5) is 0 Å². The van der Waals surface area contributed by atoms with E-state index in [2.05, 4.69) is 10.1 Å². The molecule has 21 heavy (non-hydrogen) atoms. The van der Waals surface area contributed by atoms with Crippen molar-refractivity contribution in [2.24, 2.45) is 0 Å². The highest BCUT2D eigenvalue weighted by Crippen LogP contribution is 2.24. The number of ether oxygens (including phenoxy) is 1. The Bertz CT molecular complexity index is 551. The summed E-state index contributed by atoms with van der Waals surface area (Å²) in [5, 5.41) is 4.52. The third-order valence-corrected chi connectivity index (χ3v) is 3.59. The van der Waals surface area contributed by atoms with Gasteiger partial charge in [-0.05, 0) is 35.4 Å². The summed E-state index contributed by atoms with van der Waals surface area (Å²) < 4.78 is 4.67. The molecule has 0 aliphatic carbocycles. The predicted octanol–water partition coefficient (Wildman–Crippen LogP) is 3.85. The molecular weight excluding hydrogens is 309 g/mol. The van der Waals surface area contributed by atoms with Crippen LogP contribution in [-0.4, -0.2) is 19.6 Å². The summed E-state index contributed by atoms with van der Waals surface area (Å²) in [6.45, 7) is 0.117. The van der Waals surface area contributed by atoms with Gasteiger partial charge in [-0.3, -0.25) is 10.1 Å². The highest BCUT2D eigenvalue weighted by molar-refractivity contribution is 6.30. The van der Waals surface area contributed by atoms with E-state index in [1.165, 1.54) is 7.11 Å². The van der Waals surface area contributed by atoms with E-state index in [9.17, 15) is 4.79 Å². The molecule has 0 aromatic heterocycles. The van der Waals surface area contributed by atoms with E-state index in [4.69, 9.17) is 23.2 Å². The lowest BCUT2D eigenvalue weighted by Gasteiger charge is -2.19. The second kappa shape index (κ2) is 7.46. The number of esters is 1. The van der Waals surface area contributed by atoms with Crippen molar-refractivity contribution in [2.75, 3.05) is 13.7 Å². The first kappa shape index (κ1) is 15.8. The number of nitrogens with one attached hydrogen (secondary N) is 1. The molecule has 3 nitrogen and oxygen atoms in total. The fourth-order valence-corrected chi connectivity index (χ4v) is 2.25. The van der Waals surface area contributed by atoms with Gasteiger partial charge in [-0.1, -0.05) is 47.5 Å². The molecule has 0 atom stereocenters. The maximum absolute atomic E-state index is 11.4. The fraction of sp³-hybridized carbons (Fsp3) is 0.188. The van der Waals surface area contributed by atoms with E-state index in [1.807, 2.05) is 48.5 Å². The van der Waals surface area contributed by atoms with Crippen LogP contribution < -0.4 is 5.32 Å². The zero-order valence-corrected chi connectivity index (χ0v) is 13.0. The average molecular weight is 324 g/mol. The van der Waals surface area contributed by atoms with Gasteiger partial charge in [0, 0.05) is 10.0 Å². The van der Waals surface area contributed by atoms with Gasteiger partial charge in [0.1, 0.15) is 0 Å². The van der Waals surface area contributed by atoms with Gasteiger partial charge in [0.05, 0.1) is 19.7 Å². The smallest absolute Gasteiger partial charge is 0.319 e. The van der Waals surface area contributed by atoms with Crippen molar-refractivity contribution in [1.29, 1.82) is 0 Å². The topological polar surface area (TPSA) is 38.3 Å². The molecule has 0 amide bonds. The van der Waals surface area contributed by atoms with Gasteiger partial charge >= 0.3 is 5.97 Å². The van der Waals surface area contributed by atoms with Gasteiger partial charge in [-0.15, -0.1) is 0 Å². The van der Waals surface area contributed by atoms with Crippen LogP contribution in [0, 0.1) is 0 Å². The molecule has 0 aliphatic heterocycles. The third kappa shape index (κ3) is 4.46. The SMILES string of the molecule is COC(=O)CNC(c1ccc(Cl)cc1)c1ccc(Cl)cc1. The molecule has 0 heterocycles. The number of benzene rings is 2. The van der Waals surface area contributed by atoms with Crippen molar-refractivity contribution in [1.82, 2.24) is 5.32 Å². The van der Waals surface area contributed by atoms with E-state index < -0.39 is 0 Å². The van der Waals surface area contributed by atoms with E-state index in [0.717, 1.165) is 11.1 Å². The summed E-state index contributed by atoms with van der Waals surface area (Å²) >= 11 is 11.8. The molecule has 0 saturated heterocycles. The molecule has 5 heteroatoms.